The molecule has 0 radical (unpaired) electrons. The summed E-state index contributed by atoms with van der Waals surface area (Å²) < 4.78 is 42.3. The van der Waals surface area contributed by atoms with Crippen LogP contribution in [0.5, 0.6) is 0 Å². The third-order valence-electron chi connectivity index (χ3n) is 4.52. The maximum absolute atomic E-state index is 11.0. The highest BCUT2D eigenvalue weighted by Crippen LogP contribution is 2.19. The SMILES string of the molecule is COCn1ccsc1=Nc1cc(Br)cc(CO)n1.COCn1ccsc1=Nc1cc(Br)cc(COS(C)(=O)=O)n1. The maximum Gasteiger partial charge on any atom is 0.264 e. The Balaban J connectivity index is 0.000000225. The van der Waals surface area contributed by atoms with Gasteiger partial charge in [0, 0.05) is 46.3 Å². The lowest BCUT2D eigenvalue weighted by molar-refractivity contribution is 0.129. The average Bonchev–Trinajstić information content (AvgIpc) is 3.52. The van der Waals surface area contributed by atoms with Crippen LogP contribution in [0.15, 0.2) is 66.3 Å². The molecule has 4 rings (SSSR count). The van der Waals surface area contributed by atoms with Crippen LogP contribution in [-0.2, 0) is 50.5 Å². The van der Waals surface area contributed by atoms with E-state index in [1.807, 2.05) is 32.3 Å². The first-order valence-corrected chi connectivity index (χ1v) is 16.4. The zero-order valence-corrected chi connectivity index (χ0v) is 27.2. The van der Waals surface area contributed by atoms with Crippen LogP contribution in [0, 0.1) is 0 Å². The number of pyridine rings is 2. The lowest BCUT2D eigenvalue weighted by Gasteiger charge is -2.04. The van der Waals surface area contributed by atoms with E-state index in [0.717, 1.165) is 24.8 Å². The van der Waals surface area contributed by atoms with Crippen molar-refractivity contribution in [2.75, 3.05) is 20.5 Å². The van der Waals surface area contributed by atoms with Crippen LogP contribution in [0.2, 0.25) is 0 Å². The molecule has 12 nitrogen and oxygen atoms in total. The highest BCUT2D eigenvalue weighted by molar-refractivity contribution is 9.10. The van der Waals surface area contributed by atoms with Gasteiger partial charge < -0.3 is 14.6 Å². The fraction of sp³-hybridized carbons (Fsp3) is 0.304. The van der Waals surface area contributed by atoms with Crippen LogP contribution in [0.3, 0.4) is 0 Å². The van der Waals surface area contributed by atoms with Gasteiger partial charge in [0.1, 0.15) is 20.1 Å². The van der Waals surface area contributed by atoms with Gasteiger partial charge in [-0.15, -0.1) is 22.7 Å². The Morgan fingerprint density at radius 2 is 1.35 bits per heavy atom. The molecular weight excluding hydrogens is 712 g/mol. The van der Waals surface area contributed by atoms with Gasteiger partial charge in [-0.25, -0.2) is 20.0 Å². The smallest absolute Gasteiger partial charge is 0.264 e. The van der Waals surface area contributed by atoms with Crippen molar-refractivity contribution in [1.29, 1.82) is 0 Å². The first-order chi connectivity index (χ1) is 19.1. The molecule has 0 aromatic carbocycles. The van der Waals surface area contributed by atoms with E-state index in [4.69, 9.17) is 18.8 Å². The summed E-state index contributed by atoms with van der Waals surface area (Å²) in [5.41, 5.74) is 1.05. The van der Waals surface area contributed by atoms with E-state index in [9.17, 15) is 8.42 Å². The summed E-state index contributed by atoms with van der Waals surface area (Å²) in [5, 5.41) is 12.9. The fourth-order valence-corrected chi connectivity index (χ4v) is 5.68. The predicted molar refractivity (Wildman–Crippen MR) is 159 cm³/mol. The largest absolute Gasteiger partial charge is 0.390 e. The predicted octanol–water partition coefficient (Wildman–Crippen LogP) is 4.06. The highest BCUT2D eigenvalue weighted by atomic mass is 79.9. The third-order valence-corrected chi connectivity index (χ3v) is 7.57. The van der Waals surface area contributed by atoms with Crippen molar-refractivity contribution < 1.29 is 27.2 Å². The number of halogens is 2. The van der Waals surface area contributed by atoms with Gasteiger partial charge in [-0.3, -0.25) is 13.3 Å². The van der Waals surface area contributed by atoms with E-state index in [2.05, 4.69) is 51.8 Å². The monoisotopic (exact) mass is 736 g/mol. The van der Waals surface area contributed by atoms with E-state index >= 15 is 0 Å². The number of aromatic nitrogens is 4. The number of hydrogen-bond donors (Lipinski definition) is 1. The highest BCUT2D eigenvalue weighted by Gasteiger charge is 2.07. The standard InChI is InChI=1S/C12H14BrN3O4S2.C11H12BrN3O2S/c1-19-8-16-3-4-21-12(16)15-11-6-9(13)5-10(14-11)7-20-22(2,17)18;1-17-7-15-2-3-18-11(15)14-10-5-8(12)4-9(6-16)13-10/h3-6H,7-8H2,1-2H3;2-5,16H,6-7H2,1H3. The van der Waals surface area contributed by atoms with Crippen molar-refractivity contribution in [3.63, 3.8) is 0 Å². The first-order valence-electron chi connectivity index (χ1n) is 11.2. The van der Waals surface area contributed by atoms with Gasteiger partial charge in [0.25, 0.3) is 10.1 Å². The van der Waals surface area contributed by atoms with E-state index in [-0.39, 0.29) is 13.2 Å². The zero-order valence-electron chi connectivity index (χ0n) is 21.6. The normalized spacial score (nSPS) is 12.4. The third kappa shape index (κ3) is 10.7. The molecule has 0 amide bonds. The van der Waals surface area contributed by atoms with Gasteiger partial charge in [0.05, 0.1) is 24.3 Å². The summed E-state index contributed by atoms with van der Waals surface area (Å²) in [7, 11) is -0.278. The number of aliphatic hydroxyl groups is 1. The van der Waals surface area contributed by atoms with Gasteiger partial charge in [-0.1, -0.05) is 31.9 Å². The second kappa shape index (κ2) is 15.8. The van der Waals surface area contributed by atoms with Crippen LogP contribution in [0.25, 0.3) is 0 Å². The summed E-state index contributed by atoms with van der Waals surface area (Å²) in [6, 6.07) is 6.98. The van der Waals surface area contributed by atoms with Gasteiger partial charge in [-0.05, 0) is 24.3 Å². The molecule has 0 atom stereocenters. The Morgan fingerprint density at radius 3 is 1.80 bits per heavy atom. The Labute approximate surface area is 255 Å². The topological polar surface area (TPSA) is 142 Å². The zero-order chi connectivity index (χ0) is 29.1. The van der Waals surface area contributed by atoms with E-state index in [1.165, 1.54) is 22.7 Å². The Morgan fingerprint density at radius 1 is 0.875 bits per heavy atom. The quantitative estimate of drug-likeness (QED) is 0.240. The van der Waals surface area contributed by atoms with Crippen LogP contribution in [0.1, 0.15) is 11.4 Å². The maximum atomic E-state index is 11.0. The Bertz CT molecular complexity index is 1650. The van der Waals surface area contributed by atoms with Crippen molar-refractivity contribution >= 4 is 76.3 Å². The Hall–Kier alpha value is -2.09. The summed E-state index contributed by atoms with van der Waals surface area (Å²) in [4.78, 5) is 18.9. The average molecular weight is 739 g/mol. The molecule has 4 aromatic rings. The molecule has 0 aliphatic rings. The number of nitrogens with zero attached hydrogens (tertiary/aromatic N) is 6. The fourth-order valence-electron chi connectivity index (χ4n) is 2.95. The first kappa shape index (κ1) is 32.4. The molecule has 0 saturated carbocycles. The molecule has 0 aliphatic heterocycles. The molecule has 0 fully saturated rings. The molecule has 0 spiro atoms. The number of hydrogen-bond acceptors (Lipinski definition) is 12. The van der Waals surface area contributed by atoms with Crippen molar-refractivity contribution in [1.82, 2.24) is 19.1 Å². The van der Waals surface area contributed by atoms with Crippen LogP contribution in [-0.4, -0.2) is 53.1 Å². The number of ether oxygens (including phenoxy) is 2. The van der Waals surface area contributed by atoms with Crippen LogP contribution in [0.4, 0.5) is 11.6 Å². The molecule has 4 heterocycles. The summed E-state index contributed by atoms with van der Waals surface area (Å²) in [6.07, 6.45) is 4.76. The number of thiazole rings is 2. The minimum absolute atomic E-state index is 0.107. The van der Waals surface area contributed by atoms with Crippen molar-refractivity contribution in [2.45, 2.75) is 26.7 Å². The Kier molecular flexibility index (Phi) is 12.8. The molecule has 216 valence electrons. The number of rotatable bonds is 10. The van der Waals surface area contributed by atoms with E-state index in [0.29, 0.717) is 36.5 Å². The van der Waals surface area contributed by atoms with Crippen LogP contribution < -0.4 is 9.60 Å². The molecular formula is C23H26Br2N6O6S3. The molecule has 4 aromatic heterocycles. The molecule has 0 saturated heterocycles. The van der Waals surface area contributed by atoms with Gasteiger partial charge in [0.2, 0.25) is 0 Å². The summed E-state index contributed by atoms with van der Waals surface area (Å²) in [6.45, 7) is 0.595. The summed E-state index contributed by atoms with van der Waals surface area (Å²) >= 11 is 9.67. The molecule has 0 bridgehead atoms. The second-order valence-electron chi connectivity index (χ2n) is 7.76. The summed E-state index contributed by atoms with van der Waals surface area (Å²) in [5.74, 6) is 1.01. The van der Waals surface area contributed by atoms with Gasteiger partial charge >= 0.3 is 0 Å². The van der Waals surface area contributed by atoms with Gasteiger partial charge in [0.15, 0.2) is 21.2 Å². The molecule has 1 N–H and O–H groups in total. The molecule has 40 heavy (non-hydrogen) atoms. The number of methoxy groups -OCH3 is 2. The van der Waals surface area contributed by atoms with E-state index < -0.39 is 10.1 Å². The molecule has 0 unspecified atom stereocenters. The van der Waals surface area contributed by atoms with Crippen LogP contribution >= 0.6 is 54.5 Å². The minimum atomic E-state index is -3.52. The second-order valence-corrected chi connectivity index (χ2v) is 13.0. The molecule has 17 heteroatoms. The van der Waals surface area contributed by atoms with Crippen molar-refractivity contribution in [3.05, 3.63) is 77.4 Å². The van der Waals surface area contributed by atoms with Crippen molar-refractivity contribution in [2.24, 2.45) is 9.98 Å². The molecule has 0 aliphatic carbocycles. The minimum Gasteiger partial charge on any atom is -0.390 e. The van der Waals surface area contributed by atoms with Crippen molar-refractivity contribution in [3.8, 4) is 0 Å². The lowest BCUT2D eigenvalue weighted by atomic mass is 10.3. The lowest BCUT2D eigenvalue weighted by Crippen LogP contribution is -2.14. The van der Waals surface area contributed by atoms with E-state index in [1.54, 1.807) is 38.5 Å². The van der Waals surface area contributed by atoms with Gasteiger partial charge in [-0.2, -0.15) is 8.42 Å². The number of aliphatic hydroxyl groups excluding tert-OH is 1.